The first-order valence-electron chi connectivity index (χ1n) is 8.22. The lowest BCUT2D eigenvalue weighted by molar-refractivity contribution is 0.155. The molecule has 0 bridgehead atoms. The number of halogens is 2. The zero-order valence-electron chi connectivity index (χ0n) is 14.7. The van der Waals surface area contributed by atoms with E-state index in [-0.39, 0.29) is 29.7 Å². The molecule has 0 spiro atoms. The minimum atomic E-state index is -4.43. The van der Waals surface area contributed by atoms with Crippen molar-refractivity contribution in [3.63, 3.8) is 0 Å². The molecule has 3 N–H and O–H groups in total. The summed E-state index contributed by atoms with van der Waals surface area (Å²) in [5.74, 6) is -2.26. The van der Waals surface area contributed by atoms with Crippen LogP contribution in [0.4, 0.5) is 25.1 Å². The number of aromatic nitrogens is 2. The second kappa shape index (κ2) is 7.54. The van der Waals surface area contributed by atoms with Crippen molar-refractivity contribution in [3.05, 3.63) is 41.7 Å². The molecular formula is C16H17F2N5O4S. The lowest BCUT2D eigenvalue weighted by Gasteiger charge is -2.17. The molecule has 2 aromatic rings. The van der Waals surface area contributed by atoms with Crippen molar-refractivity contribution >= 4 is 27.6 Å². The van der Waals surface area contributed by atoms with E-state index in [9.17, 15) is 22.0 Å². The van der Waals surface area contributed by atoms with E-state index in [4.69, 9.17) is 5.11 Å². The molecule has 28 heavy (non-hydrogen) atoms. The number of amides is 1. The second-order valence-corrected chi connectivity index (χ2v) is 7.82. The van der Waals surface area contributed by atoms with Gasteiger partial charge in [0, 0.05) is 24.7 Å². The maximum Gasteiger partial charge on any atom is 0.407 e. The van der Waals surface area contributed by atoms with Crippen LogP contribution in [0.3, 0.4) is 0 Å². The van der Waals surface area contributed by atoms with E-state index in [0.717, 1.165) is 12.3 Å². The van der Waals surface area contributed by atoms with Crippen molar-refractivity contribution in [1.29, 1.82) is 0 Å². The van der Waals surface area contributed by atoms with Crippen LogP contribution in [0.2, 0.25) is 0 Å². The first-order valence-corrected chi connectivity index (χ1v) is 9.70. The number of hydrogen-bond donors (Lipinski definition) is 3. The standard InChI is InChI=1S/C16H17F2N5O4S/c1-9-11(20-10-5-6-23(8-10)16(24)25)7-19-15(14(9)18)28(26,27)22-13-4-2-3-12(17)21-13/h2-4,7,10,20H,5-6,8H2,1H3,(H,21,22)(H,24,25)/t10-/m0/s1. The fraction of sp³-hybridized carbons (Fsp3) is 0.312. The van der Waals surface area contributed by atoms with Gasteiger partial charge in [-0.15, -0.1) is 0 Å². The summed E-state index contributed by atoms with van der Waals surface area (Å²) in [7, 11) is -4.43. The zero-order valence-corrected chi connectivity index (χ0v) is 15.5. The molecule has 1 amide bonds. The van der Waals surface area contributed by atoms with E-state index in [0.29, 0.717) is 13.0 Å². The molecule has 150 valence electrons. The quantitative estimate of drug-likeness (QED) is 0.641. The van der Waals surface area contributed by atoms with Gasteiger partial charge in [-0.25, -0.2) is 19.2 Å². The molecule has 2 aromatic heterocycles. The van der Waals surface area contributed by atoms with Crippen LogP contribution in [-0.2, 0) is 10.0 Å². The molecule has 1 atom stereocenters. The van der Waals surface area contributed by atoms with Gasteiger partial charge < -0.3 is 15.3 Å². The molecule has 0 aromatic carbocycles. The molecule has 3 rings (SSSR count). The number of anilines is 2. The third kappa shape index (κ3) is 4.11. The Balaban J connectivity index is 1.80. The van der Waals surface area contributed by atoms with Crippen molar-refractivity contribution in [2.24, 2.45) is 0 Å². The molecule has 1 aliphatic rings. The highest BCUT2D eigenvalue weighted by Crippen LogP contribution is 2.25. The number of sulfonamides is 1. The maximum atomic E-state index is 14.7. The summed E-state index contributed by atoms with van der Waals surface area (Å²) in [6.45, 7) is 1.95. The zero-order chi connectivity index (χ0) is 20.5. The highest BCUT2D eigenvalue weighted by molar-refractivity contribution is 7.92. The van der Waals surface area contributed by atoms with Gasteiger partial charge in [0.25, 0.3) is 10.0 Å². The molecule has 3 heterocycles. The minimum absolute atomic E-state index is 0.0105. The fourth-order valence-electron chi connectivity index (χ4n) is 2.81. The molecule has 0 unspecified atom stereocenters. The van der Waals surface area contributed by atoms with Crippen molar-refractivity contribution in [3.8, 4) is 0 Å². The van der Waals surface area contributed by atoms with Crippen LogP contribution in [0.1, 0.15) is 12.0 Å². The summed E-state index contributed by atoms with van der Waals surface area (Å²) < 4.78 is 54.6. The lowest BCUT2D eigenvalue weighted by atomic mass is 10.2. The van der Waals surface area contributed by atoms with Gasteiger partial charge in [-0.05, 0) is 25.5 Å². The van der Waals surface area contributed by atoms with Crippen LogP contribution in [0.15, 0.2) is 29.4 Å². The Morgan fingerprint density at radius 2 is 2.11 bits per heavy atom. The first kappa shape index (κ1) is 19.7. The SMILES string of the molecule is Cc1c(N[C@H]2CCN(C(=O)O)C2)cnc(S(=O)(=O)Nc2cccc(F)n2)c1F. The molecule has 1 fully saturated rings. The van der Waals surface area contributed by atoms with Gasteiger partial charge >= 0.3 is 6.09 Å². The van der Waals surface area contributed by atoms with Gasteiger partial charge in [0.05, 0.1) is 11.9 Å². The fourth-order valence-corrected chi connectivity index (χ4v) is 3.88. The van der Waals surface area contributed by atoms with Crippen molar-refractivity contribution in [1.82, 2.24) is 14.9 Å². The monoisotopic (exact) mass is 413 g/mol. The Hall–Kier alpha value is -3.02. The van der Waals surface area contributed by atoms with E-state index in [1.807, 2.05) is 4.72 Å². The number of nitrogens with one attached hydrogen (secondary N) is 2. The van der Waals surface area contributed by atoms with Gasteiger partial charge in [0.15, 0.2) is 5.82 Å². The predicted octanol–water partition coefficient (Wildman–Crippen LogP) is 2.03. The maximum absolute atomic E-state index is 14.7. The Morgan fingerprint density at radius 3 is 2.75 bits per heavy atom. The van der Waals surface area contributed by atoms with E-state index in [1.54, 1.807) is 0 Å². The van der Waals surface area contributed by atoms with E-state index < -0.39 is 32.9 Å². The topological polar surface area (TPSA) is 125 Å². The van der Waals surface area contributed by atoms with Crippen molar-refractivity contribution in [2.75, 3.05) is 23.1 Å². The summed E-state index contributed by atoms with van der Waals surface area (Å²) in [5, 5.41) is 11.1. The summed E-state index contributed by atoms with van der Waals surface area (Å²) >= 11 is 0. The lowest BCUT2D eigenvalue weighted by Crippen LogP contribution is -2.30. The largest absolute Gasteiger partial charge is 0.465 e. The Morgan fingerprint density at radius 1 is 1.36 bits per heavy atom. The van der Waals surface area contributed by atoms with Gasteiger partial charge in [0.1, 0.15) is 5.82 Å². The van der Waals surface area contributed by atoms with E-state index >= 15 is 0 Å². The number of likely N-dealkylation sites (tertiary alicyclic amines) is 1. The normalized spacial score (nSPS) is 16.8. The number of carbonyl (C=O) groups is 1. The Kier molecular flexibility index (Phi) is 5.31. The summed E-state index contributed by atoms with van der Waals surface area (Å²) in [6.07, 6.45) is 0.652. The van der Waals surface area contributed by atoms with Gasteiger partial charge in [-0.3, -0.25) is 4.72 Å². The molecule has 0 radical (unpaired) electrons. The minimum Gasteiger partial charge on any atom is -0.465 e. The van der Waals surface area contributed by atoms with Crippen molar-refractivity contribution < 1.29 is 27.1 Å². The highest BCUT2D eigenvalue weighted by atomic mass is 32.2. The number of carboxylic acid groups (broad SMARTS) is 1. The van der Waals surface area contributed by atoms with E-state index in [1.165, 1.54) is 24.0 Å². The van der Waals surface area contributed by atoms with E-state index in [2.05, 4.69) is 15.3 Å². The van der Waals surface area contributed by atoms with Gasteiger partial charge in [-0.1, -0.05) is 6.07 Å². The average molecular weight is 413 g/mol. The third-order valence-corrected chi connectivity index (χ3v) is 5.53. The summed E-state index contributed by atoms with van der Waals surface area (Å²) in [5.41, 5.74) is 0.272. The summed E-state index contributed by atoms with van der Waals surface area (Å²) in [4.78, 5) is 19.3. The Labute approximate surface area is 159 Å². The number of hydrogen-bond acceptors (Lipinski definition) is 6. The smallest absolute Gasteiger partial charge is 0.407 e. The molecule has 9 nitrogen and oxygen atoms in total. The predicted molar refractivity (Wildman–Crippen MR) is 95.6 cm³/mol. The first-order chi connectivity index (χ1) is 13.2. The molecule has 0 saturated carbocycles. The molecule has 0 aliphatic carbocycles. The Bertz CT molecular complexity index is 1020. The highest BCUT2D eigenvalue weighted by Gasteiger charge is 2.28. The van der Waals surface area contributed by atoms with Crippen LogP contribution >= 0.6 is 0 Å². The van der Waals surface area contributed by atoms with Crippen LogP contribution in [-0.4, -0.2) is 53.6 Å². The average Bonchev–Trinajstić information content (AvgIpc) is 3.07. The molecule has 12 heteroatoms. The molecule has 1 saturated heterocycles. The van der Waals surface area contributed by atoms with Crippen molar-refractivity contribution in [2.45, 2.75) is 24.4 Å². The van der Waals surface area contributed by atoms with Gasteiger partial charge in [0.2, 0.25) is 11.0 Å². The van der Waals surface area contributed by atoms with Crippen LogP contribution in [0, 0.1) is 18.7 Å². The van der Waals surface area contributed by atoms with Crippen LogP contribution in [0.25, 0.3) is 0 Å². The number of nitrogens with zero attached hydrogens (tertiary/aromatic N) is 3. The van der Waals surface area contributed by atoms with Gasteiger partial charge in [-0.2, -0.15) is 12.8 Å². The number of rotatable bonds is 5. The van der Waals surface area contributed by atoms with Crippen LogP contribution in [0.5, 0.6) is 0 Å². The molecular weight excluding hydrogens is 396 g/mol. The van der Waals surface area contributed by atoms with Crippen LogP contribution < -0.4 is 10.0 Å². The molecule has 1 aliphatic heterocycles. The number of pyridine rings is 2. The second-order valence-electron chi connectivity index (χ2n) is 6.23. The summed E-state index contributed by atoms with van der Waals surface area (Å²) in [6, 6.07) is 3.27. The third-order valence-electron chi connectivity index (χ3n) is 4.26.